The molecule has 0 aliphatic heterocycles. The van der Waals surface area contributed by atoms with Crippen molar-refractivity contribution < 1.29 is 30.8 Å². The molecule has 0 bridgehead atoms. The largest absolute Gasteiger partial charge is 0.416 e. The van der Waals surface area contributed by atoms with Crippen LogP contribution in [0.1, 0.15) is 16.7 Å². The molecule has 0 heterocycles. The van der Waals surface area contributed by atoms with Crippen LogP contribution in [0.3, 0.4) is 0 Å². The Balaban J connectivity index is 1.77. The van der Waals surface area contributed by atoms with E-state index in [1.54, 1.807) is 6.92 Å². The summed E-state index contributed by atoms with van der Waals surface area (Å²) in [6.07, 6.45) is -4.56. The Morgan fingerprint density at radius 2 is 1.56 bits per heavy atom. The summed E-state index contributed by atoms with van der Waals surface area (Å²) in [5.41, 5.74) is -0.187. The van der Waals surface area contributed by atoms with Crippen molar-refractivity contribution in [3.05, 3.63) is 89.2 Å². The molecule has 3 aromatic rings. The van der Waals surface area contributed by atoms with E-state index in [9.17, 15) is 30.8 Å². The number of rotatable bonds is 5. The van der Waals surface area contributed by atoms with Gasteiger partial charge in [-0.15, -0.1) is 0 Å². The molecule has 5 nitrogen and oxygen atoms in total. The van der Waals surface area contributed by atoms with Gasteiger partial charge in [-0.2, -0.15) is 13.2 Å². The van der Waals surface area contributed by atoms with Gasteiger partial charge in [-0.1, -0.05) is 24.3 Å². The van der Waals surface area contributed by atoms with Crippen LogP contribution in [0.4, 0.5) is 33.7 Å². The molecule has 0 fully saturated rings. The van der Waals surface area contributed by atoms with Crippen LogP contribution < -0.4 is 10.6 Å². The van der Waals surface area contributed by atoms with Gasteiger partial charge in [0.25, 0.3) is 0 Å². The van der Waals surface area contributed by atoms with E-state index < -0.39 is 39.2 Å². The van der Waals surface area contributed by atoms with Crippen LogP contribution in [0.5, 0.6) is 0 Å². The average Bonchev–Trinajstić information content (AvgIpc) is 2.68. The number of amides is 2. The molecule has 0 spiro atoms. The first-order chi connectivity index (χ1) is 14.9. The van der Waals surface area contributed by atoms with Crippen molar-refractivity contribution in [2.24, 2.45) is 0 Å². The van der Waals surface area contributed by atoms with Crippen LogP contribution >= 0.6 is 0 Å². The highest BCUT2D eigenvalue weighted by molar-refractivity contribution is 7.90. The van der Waals surface area contributed by atoms with Gasteiger partial charge in [0.05, 0.1) is 16.2 Å². The lowest BCUT2D eigenvalue weighted by molar-refractivity contribution is -0.137. The minimum absolute atomic E-state index is 0.0568. The van der Waals surface area contributed by atoms with Gasteiger partial charge in [0, 0.05) is 11.4 Å². The second kappa shape index (κ2) is 8.99. The van der Waals surface area contributed by atoms with Gasteiger partial charge in [0.2, 0.25) is 0 Å². The van der Waals surface area contributed by atoms with Crippen LogP contribution in [0, 0.1) is 12.7 Å². The molecule has 0 aliphatic carbocycles. The van der Waals surface area contributed by atoms with Crippen molar-refractivity contribution in [1.29, 1.82) is 0 Å². The molecule has 32 heavy (non-hydrogen) atoms. The highest BCUT2D eigenvalue weighted by atomic mass is 32.2. The van der Waals surface area contributed by atoms with Crippen LogP contribution in [0.2, 0.25) is 0 Å². The van der Waals surface area contributed by atoms with Crippen LogP contribution in [0.25, 0.3) is 0 Å². The van der Waals surface area contributed by atoms with Gasteiger partial charge in [-0.3, -0.25) is 0 Å². The molecule has 0 unspecified atom stereocenters. The summed E-state index contributed by atoms with van der Waals surface area (Å²) in [6, 6.07) is 12.7. The summed E-state index contributed by atoms with van der Waals surface area (Å²) in [4.78, 5) is 12.2. The number of aryl methyl sites for hydroxylation is 1. The Labute approximate surface area is 182 Å². The fourth-order valence-corrected chi connectivity index (χ4v) is 4.64. The van der Waals surface area contributed by atoms with Crippen LogP contribution in [0.15, 0.2) is 71.6 Å². The number of halogens is 4. The normalized spacial score (nSPS) is 11.8. The minimum Gasteiger partial charge on any atom is -0.308 e. The van der Waals surface area contributed by atoms with E-state index in [0.29, 0.717) is 5.56 Å². The van der Waals surface area contributed by atoms with E-state index in [2.05, 4.69) is 10.6 Å². The summed E-state index contributed by atoms with van der Waals surface area (Å²) in [7, 11) is -3.86. The van der Waals surface area contributed by atoms with Gasteiger partial charge < -0.3 is 10.6 Å². The lowest BCUT2D eigenvalue weighted by Crippen LogP contribution is -2.20. The highest BCUT2D eigenvalue weighted by Crippen LogP contribution is 2.31. The zero-order valence-corrected chi connectivity index (χ0v) is 17.5. The minimum atomic E-state index is -4.56. The second-order valence-corrected chi connectivity index (χ2v) is 8.98. The number of carbonyl (C=O) groups excluding carboxylic acids is 1. The van der Waals surface area contributed by atoms with Gasteiger partial charge in [-0.25, -0.2) is 17.6 Å². The number of hydrogen-bond donors (Lipinski definition) is 2. The maximum Gasteiger partial charge on any atom is 0.416 e. The van der Waals surface area contributed by atoms with Crippen molar-refractivity contribution in [2.75, 3.05) is 10.6 Å². The number of carbonyl (C=O) groups is 1. The number of sulfone groups is 1. The zero-order chi connectivity index (χ0) is 23.5. The predicted molar refractivity (Wildman–Crippen MR) is 113 cm³/mol. The van der Waals surface area contributed by atoms with E-state index in [1.165, 1.54) is 42.5 Å². The molecule has 0 saturated heterocycles. The molecule has 3 aromatic carbocycles. The summed E-state index contributed by atoms with van der Waals surface area (Å²) in [6.45, 7) is 1.57. The SMILES string of the molecule is Cc1ccc(NC(=O)Nc2cccc(C(F)(F)F)c2)cc1S(=O)(=O)Cc1cccc(F)c1. The monoisotopic (exact) mass is 466 g/mol. The lowest BCUT2D eigenvalue weighted by atomic mass is 10.2. The standard InChI is InChI=1S/C22H18F4N2O3S/c1-14-8-9-19(12-20(14)32(30,31)13-15-4-2-6-17(23)10-15)28-21(29)27-18-7-3-5-16(11-18)22(24,25)26/h2-12H,13H2,1H3,(H2,27,28,29). The molecular formula is C22H18F4N2O3S. The fraction of sp³-hybridized carbons (Fsp3) is 0.136. The Morgan fingerprint density at radius 3 is 2.22 bits per heavy atom. The molecule has 168 valence electrons. The molecule has 10 heteroatoms. The highest BCUT2D eigenvalue weighted by Gasteiger charge is 2.30. The Kier molecular flexibility index (Phi) is 6.54. The molecule has 2 N–H and O–H groups in total. The summed E-state index contributed by atoms with van der Waals surface area (Å²) >= 11 is 0. The van der Waals surface area contributed by atoms with E-state index >= 15 is 0 Å². The molecule has 3 rings (SSSR count). The fourth-order valence-electron chi connectivity index (χ4n) is 3.00. The topological polar surface area (TPSA) is 75.3 Å². The molecule has 2 amide bonds. The van der Waals surface area contributed by atoms with Crippen LogP contribution in [-0.2, 0) is 21.8 Å². The predicted octanol–water partition coefficient (Wildman–Crippen LogP) is 5.77. The third kappa shape index (κ3) is 5.85. The van der Waals surface area contributed by atoms with Crippen molar-refractivity contribution in [1.82, 2.24) is 0 Å². The lowest BCUT2D eigenvalue weighted by Gasteiger charge is -2.13. The first kappa shape index (κ1) is 23.3. The average molecular weight is 466 g/mol. The molecule has 0 aromatic heterocycles. The third-order valence-corrected chi connectivity index (χ3v) is 6.30. The Hall–Kier alpha value is -3.40. The van der Waals surface area contributed by atoms with E-state index in [-0.39, 0.29) is 21.8 Å². The van der Waals surface area contributed by atoms with Crippen LogP contribution in [-0.4, -0.2) is 14.4 Å². The molecule has 0 radical (unpaired) electrons. The van der Waals surface area contributed by atoms with Gasteiger partial charge in [0.15, 0.2) is 9.84 Å². The molecule has 0 saturated carbocycles. The van der Waals surface area contributed by atoms with E-state index in [4.69, 9.17) is 0 Å². The first-order valence-electron chi connectivity index (χ1n) is 9.27. The van der Waals surface area contributed by atoms with Gasteiger partial charge in [-0.05, 0) is 60.5 Å². The molecular weight excluding hydrogens is 448 g/mol. The maximum absolute atomic E-state index is 13.4. The zero-order valence-electron chi connectivity index (χ0n) is 16.7. The first-order valence-corrected chi connectivity index (χ1v) is 10.9. The molecule has 0 aliphatic rings. The molecule has 0 atom stereocenters. The summed E-state index contributed by atoms with van der Waals surface area (Å²) < 4.78 is 77.5. The number of anilines is 2. The van der Waals surface area contributed by atoms with E-state index in [0.717, 1.165) is 24.3 Å². The summed E-state index contributed by atoms with van der Waals surface area (Å²) in [5, 5.41) is 4.69. The number of hydrogen-bond acceptors (Lipinski definition) is 3. The maximum atomic E-state index is 13.4. The number of nitrogens with one attached hydrogen (secondary N) is 2. The van der Waals surface area contributed by atoms with Gasteiger partial charge in [0.1, 0.15) is 5.82 Å². The smallest absolute Gasteiger partial charge is 0.308 e. The van der Waals surface area contributed by atoms with Crippen molar-refractivity contribution in [3.8, 4) is 0 Å². The number of alkyl halides is 3. The number of urea groups is 1. The Bertz CT molecular complexity index is 1260. The van der Waals surface area contributed by atoms with E-state index in [1.807, 2.05) is 0 Å². The Morgan fingerprint density at radius 1 is 0.906 bits per heavy atom. The van der Waals surface area contributed by atoms with Gasteiger partial charge >= 0.3 is 12.2 Å². The van der Waals surface area contributed by atoms with Crippen molar-refractivity contribution >= 4 is 27.2 Å². The third-order valence-electron chi connectivity index (χ3n) is 4.47. The number of benzene rings is 3. The summed E-state index contributed by atoms with van der Waals surface area (Å²) in [5.74, 6) is -0.998. The quantitative estimate of drug-likeness (QED) is 0.469. The second-order valence-electron chi connectivity index (χ2n) is 7.03. The van der Waals surface area contributed by atoms with Crippen molar-refractivity contribution in [2.45, 2.75) is 23.7 Å². The van der Waals surface area contributed by atoms with Crippen molar-refractivity contribution in [3.63, 3.8) is 0 Å².